The smallest absolute Gasteiger partial charge is 0.290 e. The lowest BCUT2D eigenvalue weighted by Gasteiger charge is -2.20. The zero-order valence-corrected chi connectivity index (χ0v) is 9.49. The molecule has 0 atom stereocenters. The Balaban J connectivity index is 0. The molecule has 4 nitrogen and oxygen atoms in total. The molecule has 0 unspecified atom stereocenters. The molecule has 0 rings (SSSR count). The Morgan fingerprint density at radius 1 is 1.50 bits per heavy atom. The van der Waals surface area contributed by atoms with E-state index < -0.39 is 0 Å². The lowest BCUT2D eigenvalue weighted by Crippen LogP contribution is -2.27. The van der Waals surface area contributed by atoms with Crippen LogP contribution in [-0.2, 0) is 9.59 Å². The Labute approximate surface area is 85.9 Å². The van der Waals surface area contributed by atoms with Crippen LogP contribution in [0, 0.1) is 0 Å². The van der Waals surface area contributed by atoms with Gasteiger partial charge in [0.1, 0.15) is 5.78 Å². The van der Waals surface area contributed by atoms with Gasteiger partial charge in [0.2, 0.25) is 0 Å². The Morgan fingerprint density at radius 2 is 1.93 bits per heavy atom. The minimum atomic E-state index is -0.250. The van der Waals surface area contributed by atoms with Gasteiger partial charge in [-0.15, -0.1) is 0 Å². The third-order valence-electron chi connectivity index (χ3n) is 1.92. The van der Waals surface area contributed by atoms with Crippen molar-refractivity contribution >= 4 is 12.3 Å². The highest BCUT2D eigenvalue weighted by molar-refractivity contribution is 5.75. The zero-order valence-electron chi connectivity index (χ0n) is 9.49. The summed E-state index contributed by atoms with van der Waals surface area (Å²) < 4.78 is 0. The summed E-state index contributed by atoms with van der Waals surface area (Å²) >= 11 is 0. The number of rotatable bonds is 5. The van der Waals surface area contributed by atoms with E-state index in [9.17, 15) is 4.79 Å². The van der Waals surface area contributed by atoms with Crippen molar-refractivity contribution in [1.29, 1.82) is 0 Å². The van der Waals surface area contributed by atoms with Gasteiger partial charge in [0.05, 0.1) is 0 Å². The van der Waals surface area contributed by atoms with E-state index in [4.69, 9.17) is 9.90 Å². The van der Waals surface area contributed by atoms with E-state index in [2.05, 4.69) is 25.8 Å². The molecule has 0 aromatic rings. The van der Waals surface area contributed by atoms with E-state index in [-0.39, 0.29) is 6.47 Å². The van der Waals surface area contributed by atoms with E-state index >= 15 is 0 Å². The zero-order chi connectivity index (χ0) is 11.6. The number of nitrogens with zero attached hydrogens (tertiary/aromatic N) is 1. The fourth-order valence-corrected chi connectivity index (χ4v) is 0.836. The summed E-state index contributed by atoms with van der Waals surface area (Å²) in [5.41, 5.74) is 0. The number of hydrogen-bond acceptors (Lipinski definition) is 3. The van der Waals surface area contributed by atoms with Crippen LogP contribution in [0.25, 0.3) is 0 Å². The predicted octanol–water partition coefficient (Wildman–Crippen LogP) is 1.40. The fourth-order valence-electron chi connectivity index (χ4n) is 0.836. The van der Waals surface area contributed by atoms with Gasteiger partial charge in [0.25, 0.3) is 6.47 Å². The molecule has 4 heteroatoms. The summed E-state index contributed by atoms with van der Waals surface area (Å²) in [6.45, 7) is 6.74. The maximum absolute atomic E-state index is 10.6. The van der Waals surface area contributed by atoms with Crippen molar-refractivity contribution in [3.8, 4) is 0 Å². The molecule has 0 spiro atoms. The first-order chi connectivity index (χ1) is 6.45. The fraction of sp³-hybridized carbons (Fsp3) is 0.800. The third kappa shape index (κ3) is 13.7. The first-order valence-corrected chi connectivity index (χ1v) is 4.73. The van der Waals surface area contributed by atoms with E-state index in [1.54, 1.807) is 6.92 Å². The Bertz CT molecular complexity index is 157. The number of carboxylic acid groups (broad SMARTS) is 1. The summed E-state index contributed by atoms with van der Waals surface area (Å²) in [6, 6.07) is 0.585. The number of carbonyl (C=O) groups excluding carboxylic acids is 1. The maximum atomic E-state index is 10.6. The van der Waals surface area contributed by atoms with E-state index in [0.29, 0.717) is 11.8 Å². The topological polar surface area (TPSA) is 57.6 Å². The van der Waals surface area contributed by atoms with Crippen LogP contribution >= 0.6 is 0 Å². The summed E-state index contributed by atoms with van der Waals surface area (Å²) in [7, 11) is 2.09. The maximum Gasteiger partial charge on any atom is 0.290 e. The van der Waals surface area contributed by atoms with Gasteiger partial charge in [0, 0.05) is 12.5 Å². The van der Waals surface area contributed by atoms with Crippen molar-refractivity contribution in [3.63, 3.8) is 0 Å². The molecule has 0 radical (unpaired) electrons. The van der Waals surface area contributed by atoms with E-state index in [1.807, 2.05) is 0 Å². The molecule has 14 heavy (non-hydrogen) atoms. The number of carbonyl (C=O) groups is 2. The number of Topliss-reactive ketones (excluding diaryl/α,β-unsaturated/α-hetero) is 1. The molecule has 0 heterocycles. The monoisotopic (exact) mass is 203 g/mol. The average Bonchev–Trinajstić information content (AvgIpc) is 2.04. The molecule has 0 amide bonds. The van der Waals surface area contributed by atoms with Gasteiger partial charge in [-0.2, -0.15) is 0 Å². The molecule has 0 aliphatic carbocycles. The second-order valence-corrected chi connectivity index (χ2v) is 3.49. The van der Waals surface area contributed by atoms with Crippen LogP contribution in [0.1, 0.15) is 33.6 Å². The Hall–Kier alpha value is -0.900. The van der Waals surface area contributed by atoms with Gasteiger partial charge in [-0.25, -0.2) is 0 Å². The molecule has 1 N–H and O–H groups in total. The van der Waals surface area contributed by atoms with Gasteiger partial charge >= 0.3 is 0 Å². The van der Waals surface area contributed by atoms with E-state index in [1.165, 1.54) is 0 Å². The van der Waals surface area contributed by atoms with Crippen LogP contribution in [0.3, 0.4) is 0 Å². The van der Waals surface area contributed by atoms with E-state index in [0.717, 1.165) is 19.4 Å². The summed E-state index contributed by atoms with van der Waals surface area (Å²) in [4.78, 5) is 21.2. The summed E-state index contributed by atoms with van der Waals surface area (Å²) in [6.07, 6.45) is 1.71. The lowest BCUT2D eigenvalue weighted by atomic mass is 10.2. The van der Waals surface area contributed by atoms with Crippen molar-refractivity contribution in [2.45, 2.75) is 39.7 Å². The second-order valence-electron chi connectivity index (χ2n) is 3.49. The highest BCUT2D eigenvalue weighted by Crippen LogP contribution is 1.97. The number of ketones is 1. The predicted molar refractivity (Wildman–Crippen MR) is 56.4 cm³/mol. The van der Waals surface area contributed by atoms with Crippen molar-refractivity contribution < 1.29 is 14.7 Å². The first-order valence-electron chi connectivity index (χ1n) is 4.73. The molecule has 0 aliphatic heterocycles. The lowest BCUT2D eigenvalue weighted by molar-refractivity contribution is -0.123. The molecule has 0 saturated carbocycles. The minimum absolute atomic E-state index is 0.250. The standard InChI is InChI=1S/C9H19NO.CH2O2/c1-8(2)10(4)7-5-6-9(3)11;2-1-3/h8H,5-7H2,1-4H3;1H,(H,2,3). The summed E-state index contributed by atoms with van der Waals surface area (Å²) in [5, 5.41) is 6.89. The van der Waals surface area contributed by atoms with Gasteiger partial charge in [-0.3, -0.25) is 4.79 Å². The minimum Gasteiger partial charge on any atom is -0.483 e. The Morgan fingerprint density at radius 3 is 2.21 bits per heavy atom. The Kier molecular flexibility index (Phi) is 11.3. The van der Waals surface area contributed by atoms with Crippen molar-refractivity contribution in [2.75, 3.05) is 13.6 Å². The van der Waals surface area contributed by atoms with Crippen LogP contribution < -0.4 is 0 Å². The van der Waals surface area contributed by atoms with Gasteiger partial charge in [0.15, 0.2) is 0 Å². The van der Waals surface area contributed by atoms with Crippen LogP contribution in [0.15, 0.2) is 0 Å². The largest absolute Gasteiger partial charge is 0.483 e. The molecule has 0 fully saturated rings. The SMILES string of the molecule is CC(=O)CCCN(C)C(C)C.O=CO. The molecule has 0 bridgehead atoms. The molecule has 0 aromatic heterocycles. The highest BCUT2D eigenvalue weighted by Gasteiger charge is 2.02. The van der Waals surface area contributed by atoms with Gasteiger partial charge < -0.3 is 14.8 Å². The molecule has 84 valence electrons. The highest BCUT2D eigenvalue weighted by atomic mass is 16.3. The molecule has 0 saturated heterocycles. The quantitative estimate of drug-likeness (QED) is 0.686. The second kappa shape index (κ2) is 10.2. The van der Waals surface area contributed by atoms with Crippen molar-refractivity contribution in [2.24, 2.45) is 0 Å². The molecular weight excluding hydrogens is 182 g/mol. The van der Waals surface area contributed by atoms with Crippen molar-refractivity contribution in [3.05, 3.63) is 0 Å². The normalized spacial score (nSPS) is 9.57. The first kappa shape index (κ1) is 15.6. The molecular formula is C10H21NO3. The third-order valence-corrected chi connectivity index (χ3v) is 1.92. The molecule has 0 aliphatic rings. The van der Waals surface area contributed by atoms with Crippen LogP contribution in [0.4, 0.5) is 0 Å². The average molecular weight is 203 g/mol. The van der Waals surface area contributed by atoms with Crippen LogP contribution in [0.2, 0.25) is 0 Å². The van der Waals surface area contributed by atoms with Crippen LogP contribution in [0.5, 0.6) is 0 Å². The van der Waals surface area contributed by atoms with Gasteiger partial charge in [-0.1, -0.05) is 0 Å². The summed E-state index contributed by atoms with van der Waals surface area (Å²) in [5.74, 6) is 0.294. The van der Waals surface area contributed by atoms with Crippen molar-refractivity contribution in [1.82, 2.24) is 4.90 Å². The van der Waals surface area contributed by atoms with Gasteiger partial charge in [-0.05, 0) is 40.8 Å². The molecule has 0 aromatic carbocycles. The van der Waals surface area contributed by atoms with Crippen LogP contribution in [-0.4, -0.2) is 41.9 Å². The number of hydrogen-bond donors (Lipinski definition) is 1.